The van der Waals surface area contributed by atoms with Crippen molar-refractivity contribution in [1.82, 2.24) is 0 Å². The SMILES string of the molecule is COCc1ccccc1N1Cc2cccc(N)c2C1. The Morgan fingerprint density at radius 3 is 2.74 bits per heavy atom. The van der Waals surface area contributed by atoms with Gasteiger partial charge in [0.2, 0.25) is 0 Å². The highest BCUT2D eigenvalue weighted by Crippen LogP contribution is 2.33. The number of benzene rings is 2. The van der Waals surface area contributed by atoms with Gasteiger partial charge in [-0.25, -0.2) is 0 Å². The molecular formula is C16H18N2O. The van der Waals surface area contributed by atoms with Crippen LogP contribution in [0.4, 0.5) is 11.4 Å². The minimum Gasteiger partial charge on any atom is -0.398 e. The summed E-state index contributed by atoms with van der Waals surface area (Å²) in [6.07, 6.45) is 0. The van der Waals surface area contributed by atoms with Crippen molar-refractivity contribution in [3.05, 3.63) is 59.2 Å². The van der Waals surface area contributed by atoms with Crippen LogP contribution in [0.25, 0.3) is 0 Å². The third-order valence-electron chi connectivity index (χ3n) is 3.65. The van der Waals surface area contributed by atoms with E-state index in [1.807, 2.05) is 12.1 Å². The van der Waals surface area contributed by atoms with Gasteiger partial charge in [0.1, 0.15) is 0 Å². The van der Waals surface area contributed by atoms with Crippen LogP contribution in [0.3, 0.4) is 0 Å². The average molecular weight is 254 g/mol. The fourth-order valence-electron chi connectivity index (χ4n) is 2.72. The van der Waals surface area contributed by atoms with E-state index >= 15 is 0 Å². The Bertz CT molecular complexity index is 595. The number of hydrogen-bond acceptors (Lipinski definition) is 3. The summed E-state index contributed by atoms with van der Waals surface area (Å²) < 4.78 is 5.28. The highest BCUT2D eigenvalue weighted by Gasteiger charge is 2.22. The highest BCUT2D eigenvalue weighted by atomic mass is 16.5. The van der Waals surface area contributed by atoms with Crippen LogP contribution in [0.1, 0.15) is 16.7 Å². The molecule has 3 nitrogen and oxygen atoms in total. The molecule has 3 heteroatoms. The lowest BCUT2D eigenvalue weighted by Crippen LogP contribution is -2.16. The van der Waals surface area contributed by atoms with E-state index in [0.717, 1.165) is 18.8 Å². The van der Waals surface area contributed by atoms with E-state index in [1.165, 1.54) is 22.4 Å². The summed E-state index contributed by atoms with van der Waals surface area (Å²) in [5, 5.41) is 0. The summed E-state index contributed by atoms with van der Waals surface area (Å²) >= 11 is 0. The van der Waals surface area contributed by atoms with Crippen molar-refractivity contribution >= 4 is 11.4 Å². The quantitative estimate of drug-likeness (QED) is 0.856. The van der Waals surface area contributed by atoms with Crippen molar-refractivity contribution in [2.24, 2.45) is 0 Å². The molecule has 2 aromatic carbocycles. The molecule has 0 aromatic heterocycles. The summed E-state index contributed by atoms with van der Waals surface area (Å²) in [5.41, 5.74) is 12.0. The normalized spacial score (nSPS) is 13.6. The molecule has 0 spiro atoms. The summed E-state index contributed by atoms with van der Waals surface area (Å²) in [6, 6.07) is 14.5. The van der Waals surface area contributed by atoms with Gasteiger partial charge in [-0.1, -0.05) is 30.3 Å². The number of nitrogens with zero attached hydrogens (tertiary/aromatic N) is 1. The Kier molecular flexibility index (Phi) is 3.13. The molecule has 0 fully saturated rings. The lowest BCUT2D eigenvalue weighted by Gasteiger charge is -2.21. The Morgan fingerprint density at radius 1 is 1.11 bits per heavy atom. The van der Waals surface area contributed by atoms with Crippen LogP contribution < -0.4 is 10.6 Å². The lowest BCUT2D eigenvalue weighted by atomic mass is 10.1. The van der Waals surface area contributed by atoms with E-state index in [-0.39, 0.29) is 0 Å². The molecule has 1 heterocycles. The van der Waals surface area contributed by atoms with Gasteiger partial charge in [0.05, 0.1) is 6.61 Å². The van der Waals surface area contributed by atoms with Crippen LogP contribution in [-0.4, -0.2) is 7.11 Å². The molecule has 0 bridgehead atoms. The largest absolute Gasteiger partial charge is 0.398 e. The Morgan fingerprint density at radius 2 is 1.95 bits per heavy atom. The van der Waals surface area contributed by atoms with Crippen LogP contribution in [0.2, 0.25) is 0 Å². The van der Waals surface area contributed by atoms with Crippen LogP contribution in [0, 0.1) is 0 Å². The van der Waals surface area contributed by atoms with Gasteiger partial charge < -0.3 is 15.4 Å². The van der Waals surface area contributed by atoms with Crippen LogP contribution >= 0.6 is 0 Å². The number of hydrogen-bond donors (Lipinski definition) is 1. The van der Waals surface area contributed by atoms with Gasteiger partial charge in [-0.15, -0.1) is 0 Å². The first-order valence-electron chi connectivity index (χ1n) is 6.47. The van der Waals surface area contributed by atoms with Crippen molar-refractivity contribution in [2.45, 2.75) is 19.7 Å². The van der Waals surface area contributed by atoms with Gasteiger partial charge in [-0.05, 0) is 23.3 Å². The number of methoxy groups -OCH3 is 1. The van der Waals surface area contributed by atoms with Gasteiger partial charge in [0, 0.05) is 37.1 Å². The minimum atomic E-state index is 0.637. The second kappa shape index (κ2) is 4.94. The monoisotopic (exact) mass is 254 g/mol. The Labute approximate surface area is 113 Å². The number of rotatable bonds is 3. The zero-order valence-corrected chi connectivity index (χ0v) is 11.1. The Balaban J connectivity index is 1.93. The number of anilines is 2. The minimum absolute atomic E-state index is 0.637. The van der Waals surface area contributed by atoms with E-state index in [9.17, 15) is 0 Å². The molecular weight excluding hydrogens is 236 g/mol. The molecule has 2 N–H and O–H groups in total. The molecule has 0 atom stereocenters. The average Bonchev–Trinajstić information content (AvgIpc) is 2.85. The molecule has 19 heavy (non-hydrogen) atoms. The van der Waals surface area contributed by atoms with E-state index in [0.29, 0.717) is 6.61 Å². The number of nitrogen functional groups attached to an aromatic ring is 1. The van der Waals surface area contributed by atoms with Crippen LogP contribution in [0.15, 0.2) is 42.5 Å². The number of ether oxygens (including phenoxy) is 1. The van der Waals surface area contributed by atoms with E-state index in [1.54, 1.807) is 7.11 Å². The standard InChI is InChI=1S/C16H18N2O/c1-19-11-13-5-2-3-8-16(13)18-9-12-6-4-7-15(17)14(12)10-18/h2-8H,9-11,17H2,1H3. The topological polar surface area (TPSA) is 38.5 Å². The summed E-state index contributed by atoms with van der Waals surface area (Å²) in [4.78, 5) is 2.36. The van der Waals surface area contributed by atoms with Gasteiger partial charge in [0.25, 0.3) is 0 Å². The van der Waals surface area contributed by atoms with Crippen molar-refractivity contribution in [1.29, 1.82) is 0 Å². The fraction of sp³-hybridized carbons (Fsp3) is 0.250. The molecule has 2 aromatic rings. The predicted molar refractivity (Wildman–Crippen MR) is 77.9 cm³/mol. The molecule has 1 aliphatic heterocycles. The van der Waals surface area contributed by atoms with Crippen molar-refractivity contribution < 1.29 is 4.74 Å². The third-order valence-corrected chi connectivity index (χ3v) is 3.65. The van der Waals surface area contributed by atoms with Crippen molar-refractivity contribution in [3.8, 4) is 0 Å². The second-order valence-electron chi connectivity index (χ2n) is 4.90. The third kappa shape index (κ3) is 2.17. The molecule has 3 rings (SSSR count). The molecule has 0 unspecified atom stereocenters. The van der Waals surface area contributed by atoms with Gasteiger partial charge in [-0.2, -0.15) is 0 Å². The number of para-hydroxylation sites is 1. The molecule has 98 valence electrons. The Hall–Kier alpha value is -2.00. The molecule has 0 amide bonds. The maximum absolute atomic E-state index is 6.06. The van der Waals surface area contributed by atoms with Crippen LogP contribution in [-0.2, 0) is 24.4 Å². The van der Waals surface area contributed by atoms with E-state index in [4.69, 9.17) is 10.5 Å². The first kappa shape index (κ1) is 12.1. The number of fused-ring (bicyclic) bond motifs is 1. The summed E-state index contributed by atoms with van der Waals surface area (Å²) in [6.45, 7) is 2.43. The second-order valence-corrected chi connectivity index (χ2v) is 4.90. The molecule has 0 aliphatic carbocycles. The maximum Gasteiger partial charge on any atom is 0.0733 e. The lowest BCUT2D eigenvalue weighted by molar-refractivity contribution is 0.185. The smallest absolute Gasteiger partial charge is 0.0733 e. The molecule has 0 saturated heterocycles. The van der Waals surface area contributed by atoms with Gasteiger partial charge in [-0.3, -0.25) is 0 Å². The summed E-state index contributed by atoms with van der Waals surface area (Å²) in [5.74, 6) is 0. The van der Waals surface area contributed by atoms with Gasteiger partial charge in [0.15, 0.2) is 0 Å². The van der Waals surface area contributed by atoms with Crippen molar-refractivity contribution in [3.63, 3.8) is 0 Å². The zero-order valence-electron chi connectivity index (χ0n) is 11.1. The predicted octanol–water partition coefficient (Wildman–Crippen LogP) is 2.94. The van der Waals surface area contributed by atoms with Crippen molar-refractivity contribution in [2.75, 3.05) is 17.7 Å². The highest BCUT2D eigenvalue weighted by molar-refractivity contribution is 5.61. The van der Waals surface area contributed by atoms with E-state index in [2.05, 4.69) is 35.2 Å². The maximum atomic E-state index is 6.06. The van der Waals surface area contributed by atoms with Gasteiger partial charge >= 0.3 is 0 Å². The first-order chi connectivity index (χ1) is 9.29. The molecule has 0 radical (unpaired) electrons. The summed E-state index contributed by atoms with van der Waals surface area (Å²) in [7, 11) is 1.73. The van der Waals surface area contributed by atoms with Crippen LogP contribution in [0.5, 0.6) is 0 Å². The molecule has 0 saturated carbocycles. The molecule has 1 aliphatic rings. The zero-order chi connectivity index (χ0) is 13.2. The fourth-order valence-corrected chi connectivity index (χ4v) is 2.72. The first-order valence-corrected chi connectivity index (χ1v) is 6.47. The number of nitrogens with two attached hydrogens (primary N) is 1. The van der Waals surface area contributed by atoms with E-state index < -0.39 is 0 Å².